The first-order valence-corrected chi connectivity index (χ1v) is 12.3. The summed E-state index contributed by atoms with van der Waals surface area (Å²) < 4.78 is 30.1. The van der Waals surface area contributed by atoms with Gasteiger partial charge in [-0.15, -0.1) is 0 Å². The highest BCUT2D eigenvalue weighted by molar-refractivity contribution is 7.90. The Morgan fingerprint density at radius 2 is 1.87 bits per heavy atom. The molecule has 0 spiro atoms. The fraction of sp³-hybridized carbons (Fsp3) is 0.400. The molecule has 3 rings (SSSR count). The lowest BCUT2D eigenvalue weighted by molar-refractivity contribution is -0.115. The van der Waals surface area contributed by atoms with Gasteiger partial charge in [-0.25, -0.2) is 8.42 Å². The van der Waals surface area contributed by atoms with Crippen molar-refractivity contribution in [2.24, 2.45) is 0 Å². The molecule has 1 aliphatic carbocycles. The standard InChI is InChI=1S/C20H21Cl2N3O5S/c1-31(28,29)16-8-7-13(19(27)17-14(21)5-4-6-15(17)26)18(22)20(16)30-12-3-2-11-25-23-9-10-24-25/h7-10H,2-6,11-12H2,1H3. The van der Waals surface area contributed by atoms with Crippen LogP contribution in [0.4, 0.5) is 0 Å². The third-order valence-electron chi connectivity index (χ3n) is 4.75. The number of nitrogens with zero attached hydrogens (tertiary/aromatic N) is 3. The number of halogens is 2. The van der Waals surface area contributed by atoms with Crippen molar-refractivity contribution in [3.8, 4) is 5.75 Å². The molecule has 2 aromatic rings. The number of aromatic nitrogens is 3. The molecule has 0 saturated carbocycles. The normalized spacial score (nSPS) is 14.7. The Kier molecular flexibility index (Phi) is 7.51. The van der Waals surface area contributed by atoms with Crippen LogP contribution in [0.15, 0.2) is 40.0 Å². The van der Waals surface area contributed by atoms with Gasteiger partial charge in [0, 0.05) is 23.3 Å². The van der Waals surface area contributed by atoms with Crippen molar-refractivity contribution in [2.45, 2.75) is 43.5 Å². The number of rotatable bonds is 9. The van der Waals surface area contributed by atoms with Crippen molar-refractivity contribution in [1.82, 2.24) is 15.0 Å². The molecule has 11 heteroatoms. The number of allylic oxidation sites excluding steroid dienone is 2. The molecule has 31 heavy (non-hydrogen) atoms. The summed E-state index contributed by atoms with van der Waals surface area (Å²) in [6.45, 7) is 0.750. The van der Waals surface area contributed by atoms with E-state index >= 15 is 0 Å². The van der Waals surface area contributed by atoms with Crippen LogP contribution in [0.25, 0.3) is 0 Å². The average Bonchev–Trinajstić information content (AvgIpc) is 3.21. The molecule has 0 atom stereocenters. The number of ether oxygens (including phenoxy) is 1. The second kappa shape index (κ2) is 9.93. The van der Waals surface area contributed by atoms with Crippen LogP contribution in [-0.4, -0.2) is 47.8 Å². The Hall–Kier alpha value is -2.23. The molecule has 0 bridgehead atoms. The van der Waals surface area contributed by atoms with Crippen LogP contribution < -0.4 is 4.74 Å². The summed E-state index contributed by atoms with van der Waals surface area (Å²) in [5.41, 5.74) is -0.118. The van der Waals surface area contributed by atoms with Gasteiger partial charge >= 0.3 is 0 Å². The molecule has 0 saturated heterocycles. The molecular weight excluding hydrogens is 465 g/mol. The van der Waals surface area contributed by atoms with E-state index in [1.54, 1.807) is 12.4 Å². The summed E-state index contributed by atoms with van der Waals surface area (Å²) >= 11 is 12.5. The fourth-order valence-corrected chi connectivity index (χ4v) is 4.72. The first-order valence-electron chi connectivity index (χ1n) is 9.66. The molecule has 8 nitrogen and oxygen atoms in total. The summed E-state index contributed by atoms with van der Waals surface area (Å²) in [5.74, 6) is -1.08. The van der Waals surface area contributed by atoms with E-state index in [4.69, 9.17) is 27.9 Å². The van der Waals surface area contributed by atoms with E-state index in [-0.39, 0.29) is 50.6 Å². The Labute approximate surface area is 190 Å². The van der Waals surface area contributed by atoms with Crippen LogP contribution in [0.5, 0.6) is 5.75 Å². The van der Waals surface area contributed by atoms with Crippen molar-refractivity contribution in [2.75, 3.05) is 12.9 Å². The zero-order chi connectivity index (χ0) is 22.6. The molecule has 0 radical (unpaired) electrons. The summed E-state index contributed by atoms with van der Waals surface area (Å²) in [6, 6.07) is 2.55. The minimum absolute atomic E-state index is 0.0202. The molecule has 0 aliphatic heterocycles. The van der Waals surface area contributed by atoms with Crippen LogP contribution >= 0.6 is 23.2 Å². The summed E-state index contributed by atoms with van der Waals surface area (Å²) in [7, 11) is -3.67. The lowest BCUT2D eigenvalue weighted by Gasteiger charge is -2.17. The van der Waals surface area contributed by atoms with E-state index in [1.807, 2.05) is 0 Å². The van der Waals surface area contributed by atoms with Gasteiger partial charge in [0.15, 0.2) is 27.2 Å². The third kappa shape index (κ3) is 5.53. The smallest absolute Gasteiger partial charge is 0.199 e. The van der Waals surface area contributed by atoms with Gasteiger partial charge in [-0.2, -0.15) is 15.0 Å². The fourth-order valence-electron chi connectivity index (χ4n) is 3.22. The van der Waals surface area contributed by atoms with Gasteiger partial charge in [0.2, 0.25) is 0 Å². The average molecular weight is 486 g/mol. The van der Waals surface area contributed by atoms with Crippen LogP contribution in [0.2, 0.25) is 5.02 Å². The highest BCUT2D eigenvalue weighted by Crippen LogP contribution is 2.38. The maximum Gasteiger partial charge on any atom is 0.199 e. The van der Waals surface area contributed by atoms with E-state index in [9.17, 15) is 18.0 Å². The van der Waals surface area contributed by atoms with E-state index in [0.29, 0.717) is 32.2 Å². The number of sulfone groups is 1. The number of carbonyl (C=O) groups is 2. The Balaban J connectivity index is 1.84. The zero-order valence-electron chi connectivity index (χ0n) is 16.8. The molecule has 0 amide bonds. The molecule has 0 fully saturated rings. The molecule has 1 aliphatic rings. The van der Waals surface area contributed by atoms with Gasteiger partial charge in [0.05, 0.1) is 36.1 Å². The van der Waals surface area contributed by atoms with Gasteiger partial charge in [-0.05, 0) is 37.8 Å². The van der Waals surface area contributed by atoms with Crippen molar-refractivity contribution in [3.05, 3.63) is 45.7 Å². The van der Waals surface area contributed by atoms with Gasteiger partial charge in [-0.3, -0.25) is 9.59 Å². The predicted molar refractivity (Wildman–Crippen MR) is 115 cm³/mol. The highest BCUT2D eigenvalue weighted by Gasteiger charge is 2.30. The number of ketones is 2. The van der Waals surface area contributed by atoms with Crippen LogP contribution in [0.1, 0.15) is 42.5 Å². The molecule has 1 aromatic carbocycles. The second-order valence-electron chi connectivity index (χ2n) is 7.09. The Morgan fingerprint density at radius 3 is 2.52 bits per heavy atom. The zero-order valence-corrected chi connectivity index (χ0v) is 19.1. The number of carbonyl (C=O) groups excluding carboxylic acids is 2. The number of hydrogen-bond donors (Lipinski definition) is 0. The molecular formula is C20H21Cl2N3O5S. The van der Waals surface area contributed by atoms with Gasteiger partial charge in [0.25, 0.3) is 0 Å². The summed E-state index contributed by atoms with van der Waals surface area (Å²) in [6.07, 6.45) is 6.70. The topological polar surface area (TPSA) is 108 Å². The predicted octanol–water partition coefficient (Wildman–Crippen LogP) is 3.62. The van der Waals surface area contributed by atoms with E-state index in [2.05, 4.69) is 10.2 Å². The van der Waals surface area contributed by atoms with Crippen molar-refractivity contribution >= 4 is 44.6 Å². The quantitative estimate of drug-likeness (QED) is 0.303. The van der Waals surface area contributed by atoms with E-state index in [1.165, 1.54) is 16.9 Å². The monoisotopic (exact) mass is 485 g/mol. The van der Waals surface area contributed by atoms with Crippen molar-refractivity contribution in [1.29, 1.82) is 0 Å². The largest absolute Gasteiger partial charge is 0.491 e. The molecule has 0 unspecified atom stereocenters. The van der Waals surface area contributed by atoms with Crippen LogP contribution in [0.3, 0.4) is 0 Å². The van der Waals surface area contributed by atoms with Crippen LogP contribution in [0, 0.1) is 0 Å². The number of aryl methyl sites for hydroxylation is 1. The van der Waals surface area contributed by atoms with Gasteiger partial charge in [-0.1, -0.05) is 23.2 Å². The maximum atomic E-state index is 13.0. The van der Waals surface area contributed by atoms with Gasteiger partial charge < -0.3 is 4.74 Å². The number of unbranched alkanes of at least 4 members (excludes halogenated alkanes) is 1. The van der Waals surface area contributed by atoms with Crippen LogP contribution in [-0.2, 0) is 21.2 Å². The lowest BCUT2D eigenvalue weighted by atomic mass is 9.91. The number of hydrogen-bond acceptors (Lipinski definition) is 7. The van der Waals surface area contributed by atoms with E-state index in [0.717, 1.165) is 6.26 Å². The highest BCUT2D eigenvalue weighted by atomic mass is 35.5. The SMILES string of the molecule is CS(=O)(=O)c1ccc(C(=O)C2=C(Cl)CCCC2=O)c(Cl)c1OCCCCn1nccn1. The number of Topliss-reactive ketones (excluding diaryl/α,β-unsaturated/α-hetero) is 2. The molecule has 0 N–H and O–H groups in total. The first-order chi connectivity index (χ1) is 14.7. The van der Waals surface area contributed by atoms with Crippen molar-refractivity contribution in [3.63, 3.8) is 0 Å². The second-order valence-corrected chi connectivity index (χ2v) is 9.91. The molecule has 166 valence electrons. The van der Waals surface area contributed by atoms with Crippen molar-refractivity contribution < 1.29 is 22.7 Å². The lowest BCUT2D eigenvalue weighted by Crippen LogP contribution is -2.19. The minimum Gasteiger partial charge on any atom is -0.491 e. The Bertz CT molecular complexity index is 1130. The number of benzene rings is 1. The summed E-state index contributed by atoms with van der Waals surface area (Å²) in [4.78, 5) is 26.6. The first kappa shape index (κ1) is 23.4. The molecule has 1 aromatic heterocycles. The molecule has 1 heterocycles. The van der Waals surface area contributed by atoms with Gasteiger partial charge in [0.1, 0.15) is 4.90 Å². The summed E-state index contributed by atoms with van der Waals surface area (Å²) in [5, 5.41) is 8.05. The maximum absolute atomic E-state index is 13.0. The Morgan fingerprint density at radius 1 is 1.16 bits per heavy atom. The van der Waals surface area contributed by atoms with E-state index < -0.39 is 15.6 Å². The minimum atomic E-state index is -3.67. The third-order valence-corrected chi connectivity index (χ3v) is 6.62.